The van der Waals surface area contributed by atoms with Crippen molar-refractivity contribution in [2.75, 3.05) is 6.54 Å². The molecule has 1 saturated carbocycles. The van der Waals surface area contributed by atoms with Crippen LogP contribution < -0.4 is 11.1 Å². The number of hydrogen-bond acceptors (Lipinski definition) is 2. The topological polar surface area (TPSA) is 38.0 Å². The highest BCUT2D eigenvalue weighted by Gasteiger charge is 2.22. The first-order chi connectivity index (χ1) is 6.24. The Morgan fingerprint density at radius 1 is 1.23 bits per heavy atom. The highest BCUT2D eigenvalue weighted by atomic mass is 15.0. The number of nitrogens with two attached hydrogens (primary N) is 1. The average molecular weight is 184 g/mol. The van der Waals surface area contributed by atoms with Gasteiger partial charge in [0.1, 0.15) is 0 Å². The molecular formula is C11H24N2. The maximum atomic E-state index is 5.79. The van der Waals surface area contributed by atoms with E-state index in [2.05, 4.69) is 19.2 Å². The Hall–Kier alpha value is -0.0800. The lowest BCUT2D eigenvalue weighted by Gasteiger charge is -2.31. The van der Waals surface area contributed by atoms with Gasteiger partial charge < -0.3 is 11.1 Å². The first kappa shape index (κ1) is 11.0. The molecule has 0 aromatic rings. The molecule has 0 aliphatic heterocycles. The lowest BCUT2D eigenvalue weighted by molar-refractivity contribution is 0.261. The Morgan fingerprint density at radius 3 is 2.31 bits per heavy atom. The molecule has 0 radical (unpaired) electrons. The molecule has 13 heavy (non-hydrogen) atoms. The van der Waals surface area contributed by atoms with Crippen molar-refractivity contribution in [2.45, 2.75) is 58.0 Å². The molecule has 0 heterocycles. The summed E-state index contributed by atoms with van der Waals surface area (Å²) in [4.78, 5) is 0. The molecule has 1 aliphatic rings. The van der Waals surface area contributed by atoms with E-state index in [4.69, 9.17) is 5.73 Å². The second-order valence-electron chi connectivity index (χ2n) is 4.56. The van der Waals surface area contributed by atoms with Crippen LogP contribution in [0, 0.1) is 5.92 Å². The number of nitrogens with one attached hydrogen (secondary N) is 1. The van der Waals surface area contributed by atoms with Crippen molar-refractivity contribution >= 4 is 0 Å². The van der Waals surface area contributed by atoms with E-state index in [0.29, 0.717) is 12.1 Å². The fourth-order valence-corrected chi connectivity index (χ4v) is 2.36. The van der Waals surface area contributed by atoms with E-state index < -0.39 is 0 Å². The Balaban J connectivity index is 2.34. The Morgan fingerprint density at radius 2 is 1.85 bits per heavy atom. The van der Waals surface area contributed by atoms with E-state index in [9.17, 15) is 0 Å². The van der Waals surface area contributed by atoms with Gasteiger partial charge in [-0.1, -0.05) is 33.1 Å². The second-order valence-corrected chi connectivity index (χ2v) is 4.56. The van der Waals surface area contributed by atoms with Crippen LogP contribution in [0.5, 0.6) is 0 Å². The minimum atomic E-state index is 0.556. The van der Waals surface area contributed by atoms with Crippen LogP contribution >= 0.6 is 0 Å². The van der Waals surface area contributed by atoms with Gasteiger partial charge in [-0.05, 0) is 18.8 Å². The van der Waals surface area contributed by atoms with Crippen LogP contribution in [0.3, 0.4) is 0 Å². The van der Waals surface area contributed by atoms with E-state index in [1.807, 2.05) is 0 Å². The van der Waals surface area contributed by atoms with Gasteiger partial charge in [0.15, 0.2) is 0 Å². The SMILES string of the molecule is CC(C)NC(CN)C1CCCCC1. The predicted molar refractivity (Wildman–Crippen MR) is 57.7 cm³/mol. The maximum Gasteiger partial charge on any atom is 0.0220 e. The van der Waals surface area contributed by atoms with E-state index in [0.717, 1.165) is 12.5 Å². The third-order valence-corrected chi connectivity index (χ3v) is 3.02. The van der Waals surface area contributed by atoms with Gasteiger partial charge in [0, 0.05) is 18.6 Å². The van der Waals surface area contributed by atoms with E-state index in [1.165, 1.54) is 32.1 Å². The molecule has 78 valence electrons. The summed E-state index contributed by atoms with van der Waals surface area (Å²) in [5.41, 5.74) is 5.79. The molecule has 1 atom stereocenters. The zero-order valence-corrected chi connectivity index (χ0v) is 9.05. The van der Waals surface area contributed by atoms with Gasteiger partial charge in [0.2, 0.25) is 0 Å². The van der Waals surface area contributed by atoms with Gasteiger partial charge in [-0.2, -0.15) is 0 Å². The molecule has 2 nitrogen and oxygen atoms in total. The lowest BCUT2D eigenvalue weighted by Crippen LogP contribution is -2.45. The molecule has 0 amide bonds. The number of rotatable bonds is 4. The fraction of sp³-hybridized carbons (Fsp3) is 1.00. The van der Waals surface area contributed by atoms with Crippen LogP contribution in [0.15, 0.2) is 0 Å². The summed E-state index contributed by atoms with van der Waals surface area (Å²) >= 11 is 0. The highest BCUT2D eigenvalue weighted by Crippen LogP contribution is 2.26. The molecule has 0 bridgehead atoms. The van der Waals surface area contributed by atoms with Crippen LogP contribution in [0.1, 0.15) is 46.0 Å². The molecule has 1 rings (SSSR count). The molecule has 1 fully saturated rings. The van der Waals surface area contributed by atoms with Crippen molar-refractivity contribution in [1.29, 1.82) is 0 Å². The van der Waals surface area contributed by atoms with Crippen molar-refractivity contribution in [3.63, 3.8) is 0 Å². The van der Waals surface area contributed by atoms with E-state index >= 15 is 0 Å². The minimum Gasteiger partial charge on any atom is -0.329 e. The van der Waals surface area contributed by atoms with Crippen molar-refractivity contribution in [3.8, 4) is 0 Å². The maximum absolute atomic E-state index is 5.79. The van der Waals surface area contributed by atoms with Gasteiger partial charge in [0.05, 0.1) is 0 Å². The van der Waals surface area contributed by atoms with Gasteiger partial charge >= 0.3 is 0 Å². The molecule has 0 aromatic heterocycles. The quantitative estimate of drug-likeness (QED) is 0.700. The molecular weight excluding hydrogens is 160 g/mol. The van der Waals surface area contributed by atoms with Crippen LogP contribution in [-0.4, -0.2) is 18.6 Å². The minimum absolute atomic E-state index is 0.556. The zero-order chi connectivity index (χ0) is 9.68. The summed E-state index contributed by atoms with van der Waals surface area (Å²) in [6.45, 7) is 5.19. The third kappa shape index (κ3) is 3.65. The van der Waals surface area contributed by atoms with Crippen molar-refractivity contribution < 1.29 is 0 Å². The van der Waals surface area contributed by atoms with Gasteiger partial charge in [-0.3, -0.25) is 0 Å². The van der Waals surface area contributed by atoms with Crippen molar-refractivity contribution in [3.05, 3.63) is 0 Å². The zero-order valence-electron chi connectivity index (χ0n) is 9.05. The average Bonchev–Trinajstić information content (AvgIpc) is 2.15. The highest BCUT2D eigenvalue weighted by molar-refractivity contribution is 4.81. The summed E-state index contributed by atoms with van der Waals surface area (Å²) in [5, 5.41) is 3.57. The fourth-order valence-electron chi connectivity index (χ4n) is 2.36. The van der Waals surface area contributed by atoms with E-state index in [1.54, 1.807) is 0 Å². The van der Waals surface area contributed by atoms with Gasteiger partial charge in [-0.25, -0.2) is 0 Å². The number of hydrogen-bond donors (Lipinski definition) is 2. The van der Waals surface area contributed by atoms with Crippen LogP contribution in [0.2, 0.25) is 0 Å². The van der Waals surface area contributed by atoms with Crippen LogP contribution in [0.25, 0.3) is 0 Å². The molecule has 0 saturated heterocycles. The van der Waals surface area contributed by atoms with E-state index in [-0.39, 0.29) is 0 Å². The Bertz CT molecular complexity index is 128. The summed E-state index contributed by atoms with van der Waals surface area (Å²) in [6.07, 6.45) is 6.99. The smallest absolute Gasteiger partial charge is 0.0220 e. The normalized spacial score (nSPS) is 22.2. The Labute approximate surface area is 82.3 Å². The van der Waals surface area contributed by atoms with Crippen molar-refractivity contribution in [2.24, 2.45) is 11.7 Å². The van der Waals surface area contributed by atoms with Crippen LogP contribution in [0.4, 0.5) is 0 Å². The summed E-state index contributed by atoms with van der Waals surface area (Å²) < 4.78 is 0. The molecule has 0 spiro atoms. The van der Waals surface area contributed by atoms with Gasteiger partial charge in [-0.15, -0.1) is 0 Å². The lowest BCUT2D eigenvalue weighted by atomic mass is 9.83. The Kier molecular flexibility index (Phi) is 4.74. The first-order valence-electron chi connectivity index (χ1n) is 5.70. The van der Waals surface area contributed by atoms with Crippen LogP contribution in [-0.2, 0) is 0 Å². The molecule has 2 heteroatoms. The third-order valence-electron chi connectivity index (χ3n) is 3.02. The summed E-state index contributed by atoms with van der Waals surface area (Å²) in [5.74, 6) is 0.834. The molecule has 1 unspecified atom stereocenters. The second kappa shape index (κ2) is 5.61. The summed E-state index contributed by atoms with van der Waals surface area (Å²) in [7, 11) is 0. The molecule has 0 aromatic carbocycles. The van der Waals surface area contributed by atoms with Gasteiger partial charge in [0.25, 0.3) is 0 Å². The molecule has 3 N–H and O–H groups in total. The standard InChI is InChI=1S/C11H24N2/c1-9(2)13-11(8-12)10-6-4-3-5-7-10/h9-11,13H,3-8,12H2,1-2H3. The van der Waals surface area contributed by atoms with Crippen molar-refractivity contribution in [1.82, 2.24) is 5.32 Å². The largest absolute Gasteiger partial charge is 0.329 e. The molecule has 1 aliphatic carbocycles. The first-order valence-corrected chi connectivity index (χ1v) is 5.70. The monoisotopic (exact) mass is 184 g/mol. The predicted octanol–water partition coefficient (Wildman–Crippen LogP) is 1.89. The summed E-state index contributed by atoms with van der Waals surface area (Å²) in [6, 6.07) is 1.12.